The summed E-state index contributed by atoms with van der Waals surface area (Å²) in [4.78, 5) is 0. The number of nitrogens with two attached hydrogens (primary N) is 1. The molecule has 11 heavy (non-hydrogen) atoms. The van der Waals surface area contributed by atoms with Crippen LogP contribution < -0.4 is 5.73 Å². The third kappa shape index (κ3) is 0.652. The number of rotatable bonds is 0. The molecular formula is C10H15N. The van der Waals surface area contributed by atoms with Gasteiger partial charge in [0.2, 0.25) is 0 Å². The van der Waals surface area contributed by atoms with Gasteiger partial charge in [-0.3, -0.25) is 0 Å². The quantitative estimate of drug-likeness (QED) is 0.519. The van der Waals surface area contributed by atoms with Gasteiger partial charge in [0.05, 0.1) is 0 Å². The first-order valence-electron chi connectivity index (χ1n) is 4.78. The highest BCUT2D eigenvalue weighted by Crippen LogP contribution is 2.55. The van der Waals surface area contributed by atoms with Gasteiger partial charge in [0.25, 0.3) is 0 Å². The Bertz CT molecular complexity index is 209. The molecule has 3 aliphatic rings. The Morgan fingerprint density at radius 1 is 1.18 bits per heavy atom. The first-order chi connectivity index (χ1) is 5.36. The summed E-state index contributed by atoms with van der Waals surface area (Å²) >= 11 is 0. The maximum absolute atomic E-state index is 6.05. The monoisotopic (exact) mass is 149 g/mol. The molecule has 5 unspecified atom stereocenters. The standard InChI is InChI=1S/C10H15N/c11-10-5-6-4-9(10)8-3-1-2-7(6)8/h1-2,6-10H,3-5,11H2. The second kappa shape index (κ2) is 1.89. The Morgan fingerprint density at radius 2 is 2.09 bits per heavy atom. The van der Waals surface area contributed by atoms with Crippen molar-refractivity contribution >= 4 is 0 Å². The average Bonchev–Trinajstić information content (AvgIpc) is 2.52. The van der Waals surface area contributed by atoms with Gasteiger partial charge in [-0.2, -0.15) is 0 Å². The molecule has 2 saturated carbocycles. The Balaban J connectivity index is 1.94. The number of hydrogen-bond donors (Lipinski definition) is 1. The summed E-state index contributed by atoms with van der Waals surface area (Å²) < 4.78 is 0. The van der Waals surface area contributed by atoms with Crippen LogP contribution in [0.4, 0.5) is 0 Å². The first-order valence-corrected chi connectivity index (χ1v) is 4.78. The SMILES string of the molecule is NC1CC2CC1C1CC=CC21. The molecule has 0 aromatic heterocycles. The van der Waals surface area contributed by atoms with E-state index in [4.69, 9.17) is 5.73 Å². The van der Waals surface area contributed by atoms with Crippen molar-refractivity contribution in [2.45, 2.75) is 25.3 Å². The van der Waals surface area contributed by atoms with Gasteiger partial charge in [-0.1, -0.05) is 12.2 Å². The normalized spacial score (nSPS) is 58.8. The maximum atomic E-state index is 6.05. The molecule has 0 spiro atoms. The number of hydrogen-bond acceptors (Lipinski definition) is 1. The lowest BCUT2D eigenvalue weighted by molar-refractivity contribution is 0.255. The second-order valence-corrected chi connectivity index (χ2v) is 4.46. The summed E-state index contributed by atoms with van der Waals surface area (Å²) in [5.74, 6) is 3.71. The van der Waals surface area contributed by atoms with E-state index < -0.39 is 0 Å². The van der Waals surface area contributed by atoms with Crippen LogP contribution in [0.3, 0.4) is 0 Å². The van der Waals surface area contributed by atoms with Gasteiger partial charge in [0.1, 0.15) is 0 Å². The van der Waals surface area contributed by atoms with Gasteiger partial charge in [0.15, 0.2) is 0 Å². The minimum atomic E-state index is 0.543. The third-order valence-electron chi connectivity index (χ3n) is 4.05. The van der Waals surface area contributed by atoms with Crippen LogP contribution in [-0.2, 0) is 0 Å². The fraction of sp³-hybridized carbons (Fsp3) is 0.800. The van der Waals surface area contributed by atoms with Crippen molar-refractivity contribution in [3.05, 3.63) is 12.2 Å². The summed E-state index contributed by atoms with van der Waals surface area (Å²) in [5, 5.41) is 0. The van der Waals surface area contributed by atoms with Gasteiger partial charge >= 0.3 is 0 Å². The van der Waals surface area contributed by atoms with E-state index in [2.05, 4.69) is 12.2 Å². The average molecular weight is 149 g/mol. The zero-order valence-corrected chi connectivity index (χ0v) is 6.74. The fourth-order valence-corrected chi connectivity index (χ4v) is 3.61. The lowest BCUT2D eigenvalue weighted by atomic mass is 9.79. The van der Waals surface area contributed by atoms with Crippen molar-refractivity contribution in [1.82, 2.24) is 0 Å². The molecule has 1 heteroatoms. The smallest absolute Gasteiger partial charge is 0.00730 e. The minimum absolute atomic E-state index is 0.543. The van der Waals surface area contributed by atoms with E-state index in [1.165, 1.54) is 19.3 Å². The largest absolute Gasteiger partial charge is 0.327 e. The van der Waals surface area contributed by atoms with Gasteiger partial charge < -0.3 is 5.73 Å². The highest BCUT2D eigenvalue weighted by molar-refractivity contribution is 5.14. The Kier molecular flexibility index (Phi) is 1.07. The first kappa shape index (κ1) is 6.24. The molecule has 2 fully saturated rings. The van der Waals surface area contributed by atoms with E-state index >= 15 is 0 Å². The Labute approximate surface area is 67.7 Å². The molecule has 3 rings (SSSR count). The van der Waals surface area contributed by atoms with Crippen LogP contribution in [0.15, 0.2) is 12.2 Å². The lowest BCUT2D eigenvalue weighted by Gasteiger charge is -2.28. The Morgan fingerprint density at radius 3 is 3.00 bits per heavy atom. The van der Waals surface area contributed by atoms with Gasteiger partial charge in [-0.15, -0.1) is 0 Å². The van der Waals surface area contributed by atoms with Crippen molar-refractivity contribution in [2.75, 3.05) is 0 Å². The van der Waals surface area contributed by atoms with Crippen molar-refractivity contribution in [1.29, 1.82) is 0 Å². The zero-order valence-electron chi connectivity index (χ0n) is 6.74. The molecule has 0 aromatic rings. The Hall–Kier alpha value is -0.300. The van der Waals surface area contributed by atoms with E-state index in [9.17, 15) is 0 Å². The molecule has 0 aliphatic heterocycles. The van der Waals surface area contributed by atoms with Crippen LogP contribution in [0.1, 0.15) is 19.3 Å². The summed E-state index contributed by atoms with van der Waals surface area (Å²) in [7, 11) is 0. The van der Waals surface area contributed by atoms with Crippen molar-refractivity contribution < 1.29 is 0 Å². The molecule has 60 valence electrons. The van der Waals surface area contributed by atoms with Crippen molar-refractivity contribution in [3.8, 4) is 0 Å². The summed E-state index contributed by atoms with van der Waals surface area (Å²) in [5.41, 5.74) is 6.05. The second-order valence-electron chi connectivity index (χ2n) is 4.46. The van der Waals surface area contributed by atoms with Crippen LogP contribution in [0, 0.1) is 23.7 Å². The molecule has 5 atom stereocenters. The van der Waals surface area contributed by atoms with E-state index in [-0.39, 0.29) is 0 Å². The van der Waals surface area contributed by atoms with Gasteiger partial charge in [-0.25, -0.2) is 0 Å². The summed E-state index contributed by atoms with van der Waals surface area (Å²) in [6.45, 7) is 0. The molecule has 0 aromatic carbocycles. The molecule has 3 aliphatic carbocycles. The maximum Gasteiger partial charge on any atom is 0.00730 e. The molecule has 0 amide bonds. The number of fused-ring (bicyclic) bond motifs is 5. The molecule has 2 bridgehead atoms. The van der Waals surface area contributed by atoms with Crippen LogP contribution in [0.5, 0.6) is 0 Å². The molecule has 0 saturated heterocycles. The van der Waals surface area contributed by atoms with Crippen LogP contribution in [-0.4, -0.2) is 6.04 Å². The number of allylic oxidation sites excluding steroid dienone is 2. The van der Waals surface area contributed by atoms with E-state index in [1.807, 2.05) is 0 Å². The van der Waals surface area contributed by atoms with Gasteiger partial charge in [0, 0.05) is 6.04 Å². The summed E-state index contributed by atoms with van der Waals surface area (Å²) in [6, 6.07) is 0.543. The fourth-order valence-electron chi connectivity index (χ4n) is 3.61. The third-order valence-corrected chi connectivity index (χ3v) is 4.05. The molecular weight excluding hydrogens is 134 g/mol. The van der Waals surface area contributed by atoms with Crippen LogP contribution >= 0.6 is 0 Å². The minimum Gasteiger partial charge on any atom is -0.327 e. The van der Waals surface area contributed by atoms with E-state index in [1.54, 1.807) is 0 Å². The van der Waals surface area contributed by atoms with E-state index in [0.29, 0.717) is 6.04 Å². The van der Waals surface area contributed by atoms with Crippen molar-refractivity contribution in [3.63, 3.8) is 0 Å². The predicted octanol–water partition coefficient (Wildman–Crippen LogP) is 1.55. The summed E-state index contributed by atoms with van der Waals surface area (Å²) in [6.07, 6.45) is 8.87. The highest BCUT2D eigenvalue weighted by atomic mass is 14.7. The van der Waals surface area contributed by atoms with Crippen LogP contribution in [0.2, 0.25) is 0 Å². The van der Waals surface area contributed by atoms with Gasteiger partial charge in [-0.05, 0) is 42.9 Å². The lowest BCUT2D eigenvalue weighted by Crippen LogP contribution is -2.34. The van der Waals surface area contributed by atoms with Crippen molar-refractivity contribution in [2.24, 2.45) is 29.4 Å². The molecule has 1 nitrogen and oxygen atoms in total. The van der Waals surface area contributed by atoms with E-state index in [0.717, 1.165) is 23.7 Å². The zero-order chi connectivity index (χ0) is 7.42. The van der Waals surface area contributed by atoms with Crippen LogP contribution in [0.25, 0.3) is 0 Å². The molecule has 0 heterocycles. The topological polar surface area (TPSA) is 26.0 Å². The molecule has 0 radical (unpaired) electrons. The molecule has 2 N–H and O–H groups in total. The predicted molar refractivity (Wildman–Crippen MR) is 44.9 cm³/mol. The highest BCUT2D eigenvalue weighted by Gasteiger charge is 2.50.